The highest BCUT2D eigenvalue weighted by atomic mass is 16.5. The second kappa shape index (κ2) is 12.3. The Kier molecular flexibility index (Phi) is 8.92. The summed E-state index contributed by atoms with van der Waals surface area (Å²) < 4.78 is 5.87. The number of pyridine rings is 1. The zero-order chi connectivity index (χ0) is 22.6. The summed E-state index contributed by atoms with van der Waals surface area (Å²) in [6.45, 7) is 8.48. The molecule has 1 aromatic carbocycles. The van der Waals surface area contributed by atoms with Crippen molar-refractivity contribution in [2.24, 2.45) is 5.10 Å². The van der Waals surface area contributed by atoms with Crippen LogP contribution >= 0.6 is 0 Å². The summed E-state index contributed by atoms with van der Waals surface area (Å²) in [5.41, 5.74) is 6.05. The van der Waals surface area contributed by atoms with Gasteiger partial charge in [-0.1, -0.05) is 32.0 Å². The van der Waals surface area contributed by atoms with E-state index < -0.39 is 0 Å². The highest BCUT2D eigenvalue weighted by Crippen LogP contribution is 2.14. The zero-order valence-electron chi connectivity index (χ0n) is 19.0. The van der Waals surface area contributed by atoms with Crippen LogP contribution in [-0.4, -0.2) is 45.8 Å². The lowest BCUT2D eigenvalue weighted by Gasteiger charge is -2.21. The van der Waals surface area contributed by atoms with Crippen molar-refractivity contribution in [2.45, 2.75) is 40.0 Å². The molecule has 168 valence electrons. The number of nitrogens with one attached hydrogen (secondary N) is 1. The van der Waals surface area contributed by atoms with E-state index in [9.17, 15) is 0 Å². The monoisotopic (exact) mass is 433 g/mol. The molecule has 3 aromatic rings. The molecule has 0 aliphatic heterocycles. The van der Waals surface area contributed by atoms with E-state index in [1.165, 1.54) is 0 Å². The molecule has 2 heterocycles. The Morgan fingerprint density at radius 2 is 1.88 bits per heavy atom. The van der Waals surface area contributed by atoms with Gasteiger partial charge in [-0.05, 0) is 49.6 Å². The molecule has 0 atom stereocenters. The number of aryl methyl sites for hydroxylation is 1. The molecule has 0 spiro atoms. The number of anilines is 2. The van der Waals surface area contributed by atoms with Crippen LogP contribution in [-0.2, 0) is 6.42 Å². The molecule has 8 heteroatoms. The van der Waals surface area contributed by atoms with Crippen molar-refractivity contribution in [3.05, 3.63) is 65.7 Å². The highest BCUT2D eigenvalue weighted by molar-refractivity contribution is 5.75. The lowest BCUT2D eigenvalue weighted by molar-refractivity contribution is 0.293. The van der Waals surface area contributed by atoms with Crippen LogP contribution in [0.2, 0.25) is 0 Å². The molecule has 0 aliphatic carbocycles. The Morgan fingerprint density at radius 3 is 2.59 bits per heavy atom. The van der Waals surface area contributed by atoms with E-state index in [4.69, 9.17) is 4.74 Å². The van der Waals surface area contributed by atoms with Crippen molar-refractivity contribution >= 4 is 17.9 Å². The van der Waals surface area contributed by atoms with E-state index in [0.29, 0.717) is 30.8 Å². The van der Waals surface area contributed by atoms with E-state index in [1.807, 2.05) is 49.4 Å². The van der Waals surface area contributed by atoms with Gasteiger partial charge >= 0.3 is 6.01 Å². The molecule has 32 heavy (non-hydrogen) atoms. The minimum atomic E-state index is 0.292. The summed E-state index contributed by atoms with van der Waals surface area (Å²) >= 11 is 0. The van der Waals surface area contributed by atoms with Gasteiger partial charge < -0.3 is 9.64 Å². The average molecular weight is 434 g/mol. The van der Waals surface area contributed by atoms with Gasteiger partial charge in [0.05, 0.1) is 18.5 Å². The third kappa shape index (κ3) is 7.30. The van der Waals surface area contributed by atoms with E-state index >= 15 is 0 Å². The molecule has 8 nitrogen and oxygen atoms in total. The standard InChI is InChI=1S/C24H31N7O/c1-4-14-31(15-5-2)23-27-22(18-26-30-21-11-8-9-19(3)17-21)28-24(29-23)32-16-12-20-10-6-7-13-25-20/h6-11,13,17-18,30H,4-5,12,14-16H2,1-3H3/b26-18+. The molecule has 0 aliphatic rings. The number of hydrogen-bond acceptors (Lipinski definition) is 8. The number of rotatable bonds is 12. The summed E-state index contributed by atoms with van der Waals surface area (Å²) in [6.07, 6.45) is 6.04. The van der Waals surface area contributed by atoms with Gasteiger partial charge in [0.25, 0.3) is 0 Å². The highest BCUT2D eigenvalue weighted by Gasteiger charge is 2.13. The lowest BCUT2D eigenvalue weighted by atomic mass is 10.2. The zero-order valence-corrected chi connectivity index (χ0v) is 19.0. The van der Waals surface area contributed by atoms with Crippen LogP contribution in [0.1, 0.15) is 43.8 Å². The van der Waals surface area contributed by atoms with Gasteiger partial charge in [-0.25, -0.2) is 0 Å². The SMILES string of the molecule is CCCN(CCC)c1nc(/C=N/Nc2cccc(C)c2)nc(OCCc2ccccn2)n1. The third-order valence-electron chi connectivity index (χ3n) is 4.60. The number of benzene rings is 1. The smallest absolute Gasteiger partial charge is 0.321 e. The van der Waals surface area contributed by atoms with Crippen molar-refractivity contribution in [3.63, 3.8) is 0 Å². The Bertz CT molecular complexity index is 989. The number of hydrogen-bond donors (Lipinski definition) is 1. The van der Waals surface area contributed by atoms with Gasteiger partial charge in [0, 0.05) is 31.4 Å². The molecule has 0 radical (unpaired) electrons. The van der Waals surface area contributed by atoms with Crippen LogP contribution in [0.5, 0.6) is 6.01 Å². The summed E-state index contributed by atoms with van der Waals surface area (Å²) in [4.78, 5) is 20.1. The summed E-state index contributed by atoms with van der Waals surface area (Å²) in [6, 6.07) is 14.1. The normalized spacial score (nSPS) is 11.0. The number of nitrogens with zero attached hydrogens (tertiary/aromatic N) is 6. The molecular formula is C24H31N7O. The first kappa shape index (κ1) is 23.1. The molecular weight excluding hydrogens is 402 g/mol. The molecule has 3 rings (SSSR count). The van der Waals surface area contributed by atoms with Gasteiger partial charge in [0.1, 0.15) is 0 Å². The number of ether oxygens (including phenoxy) is 1. The first-order valence-electron chi connectivity index (χ1n) is 11.1. The fraction of sp³-hybridized carbons (Fsp3) is 0.375. The first-order chi connectivity index (χ1) is 15.7. The topological polar surface area (TPSA) is 88.4 Å². The minimum absolute atomic E-state index is 0.292. The predicted octanol–water partition coefficient (Wildman–Crippen LogP) is 4.27. The van der Waals surface area contributed by atoms with E-state index in [0.717, 1.165) is 42.9 Å². The van der Waals surface area contributed by atoms with Crippen LogP contribution in [0.15, 0.2) is 53.8 Å². The lowest BCUT2D eigenvalue weighted by Crippen LogP contribution is -2.27. The number of aromatic nitrogens is 4. The average Bonchev–Trinajstić information content (AvgIpc) is 2.80. The summed E-state index contributed by atoms with van der Waals surface area (Å²) in [5, 5.41) is 4.30. The summed E-state index contributed by atoms with van der Waals surface area (Å²) in [5.74, 6) is 1.05. The van der Waals surface area contributed by atoms with Gasteiger partial charge in [-0.15, -0.1) is 0 Å². The third-order valence-corrected chi connectivity index (χ3v) is 4.60. The van der Waals surface area contributed by atoms with Gasteiger partial charge in [0.15, 0.2) is 5.82 Å². The van der Waals surface area contributed by atoms with E-state index in [-0.39, 0.29) is 0 Å². The van der Waals surface area contributed by atoms with Crippen molar-refractivity contribution in [1.29, 1.82) is 0 Å². The Morgan fingerprint density at radius 1 is 1.03 bits per heavy atom. The van der Waals surface area contributed by atoms with Crippen LogP contribution in [0.4, 0.5) is 11.6 Å². The Balaban J connectivity index is 1.76. The van der Waals surface area contributed by atoms with Gasteiger partial charge in [0.2, 0.25) is 5.95 Å². The van der Waals surface area contributed by atoms with Crippen LogP contribution < -0.4 is 15.1 Å². The van der Waals surface area contributed by atoms with Crippen molar-refractivity contribution < 1.29 is 4.74 Å². The minimum Gasteiger partial charge on any atom is -0.463 e. The molecule has 0 amide bonds. The fourth-order valence-corrected chi connectivity index (χ4v) is 3.15. The second-order valence-electron chi connectivity index (χ2n) is 7.42. The number of hydrazone groups is 1. The summed E-state index contributed by atoms with van der Waals surface area (Å²) in [7, 11) is 0. The fourth-order valence-electron chi connectivity index (χ4n) is 3.15. The molecule has 0 saturated carbocycles. The van der Waals surface area contributed by atoms with E-state index in [1.54, 1.807) is 12.4 Å². The van der Waals surface area contributed by atoms with Gasteiger partial charge in [-0.2, -0.15) is 20.1 Å². The molecule has 2 aromatic heterocycles. The molecule has 0 fully saturated rings. The Labute approximate surface area is 189 Å². The Hall–Kier alpha value is -3.55. The largest absolute Gasteiger partial charge is 0.463 e. The maximum atomic E-state index is 5.87. The van der Waals surface area contributed by atoms with Crippen molar-refractivity contribution in [1.82, 2.24) is 19.9 Å². The second-order valence-corrected chi connectivity index (χ2v) is 7.42. The van der Waals surface area contributed by atoms with Crippen LogP contribution in [0.25, 0.3) is 0 Å². The quantitative estimate of drug-likeness (QED) is 0.337. The molecule has 0 saturated heterocycles. The molecule has 0 bridgehead atoms. The van der Waals surface area contributed by atoms with Gasteiger partial charge in [-0.3, -0.25) is 10.4 Å². The maximum absolute atomic E-state index is 5.87. The van der Waals surface area contributed by atoms with Crippen molar-refractivity contribution in [3.8, 4) is 6.01 Å². The molecule has 0 unspecified atom stereocenters. The first-order valence-corrected chi connectivity index (χ1v) is 11.1. The maximum Gasteiger partial charge on any atom is 0.321 e. The van der Waals surface area contributed by atoms with Crippen molar-refractivity contribution in [2.75, 3.05) is 30.0 Å². The predicted molar refractivity (Wildman–Crippen MR) is 128 cm³/mol. The van der Waals surface area contributed by atoms with Crippen LogP contribution in [0, 0.1) is 6.92 Å². The van der Waals surface area contributed by atoms with E-state index in [2.05, 4.69) is 49.2 Å². The van der Waals surface area contributed by atoms with Crippen LogP contribution in [0.3, 0.4) is 0 Å². The molecule has 1 N–H and O–H groups in total.